The molecule has 72 valence electrons. The number of nitrogens with two attached hydrogens (primary N) is 1. The molecule has 0 spiro atoms. The zero-order valence-corrected chi connectivity index (χ0v) is 7.69. The molecule has 0 aliphatic heterocycles. The highest BCUT2D eigenvalue weighted by molar-refractivity contribution is 6.30. The maximum Gasteiger partial charge on any atom is 0.128 e. The van der Waals surface area contributed by atoms with Crippen molar-refractivity contribution < 1.29 is 8.78 Å². The third-order valence-electron chi connectivity index (χ3n) is 1.78. The lowest BCUT2D eigenvalue weighted by atomic mass is 10.0. The number of alkyl halides is 1. The molecule has 0 unspecified atom stereocenters. The fourth-order valence-corrected chi connectivity index (χ4v) is 1.25. The van der Waals surface area contributed by atoms with Gasteiger partial charge in [0.15, 0.2) is 0 Å². The molecule has 1 aromatic rings. The Bertz CT molecular complexity index is 291. The van der Waals surface area contributed by atoms with E-state index in [1.807, 2.05) is 0 Å². The first-order chi connectivity index (χ1) is 6.15. The number of benzene rings is 1. The van der Waals surface area contributed by atoms with Gasteiger partial charge in [0, 0.05) is 16.6 Å². The summed E-state index contributed by atoms with van der Waals surface area (Å²) in [5, 5.41) is 0.408. The summed E-state index contributed by atoms with van der Waals surface area (Å²) >= 11 is 5.65. The highest BCUT2D eigenvalue weighted by Gasteiger charge is 2.11. The minimum absolute atomic E-state index is 0.108. The van der Waals surface area contributed by atoms with Crippen molar-refractivity contribution in [2.45, 2.75) is 12.5 Å². The minimum atomic E-state index is -0.622. The van der Waals surface area contributed by atoms with Crippen LogP contribution in [0.2, 0.25) is 5.02 Å². The SMILES string of the molecule is N[C@@H](CCF)c1cc(Cl)ccc1F. The number of hydrogen-bond acceptors (Lipinski definition) is 1. The fraction of sp³-hybridized carbons (Fsp3) is 0.333. The molecular weight excluding hydrogens is 196 g/mol. The number of rotatable bonds is 3. The average Bonchev–Trinajstić information content (AvgIpc) is 2.09. The molecule has 0 radical (unpaired) electrons. The van der Waals surface area contributed by atoms with E-state index in [4.69, 9.17) is 17.3 Å². The lowest BCUT2D eigenvalue weighted by molar-refractivity contribution is 0.435. The minimum Gasteiger partial charge on any atom is -0.324 e. The molecule has 0 bridgehead atoms. The van der Waals surface area contributed by atoms with E-state index in [2.05, 4.69) is 0 Å². The van der Waals surface area contributed by atoms with Crippen LogP contribution in [0.1, 0.15) is 18.0 Å². The van der Waals surface area contributed by atoms with E-state index in [1.165, 1.54) is 18.2 Å². The van der Waals surface area contributed by atoms with Crippen LogP contribution in [0.25, 0.3) is 0 Å². The van der Waals surface area contributed by atoms with Crippen LogP contribution in [-0.4, -0.2) is 6.67 Å². The molecule has 0 amide bonds. The molecule has 0 heterocycles. The van der Waals surface area contributed by atoms with Crippen molar-refractivity contribution in [1.29, 1.82) is 0 Å². The quantitative estimate of drug-likeness (QED) is 0.807. The first-order valence-corrected chi connectivity index (χ1v) is 4.29. The van der Waals surface area contributed by atoms with Gasteiger partial charge >= 0.3 is 0 Å². The van der Waals surface area contributed by atoms with Crippen LogP contribution in [0.15, 0.2) is 18.2 Å². The zero-order valence-electron chi connectivity index (χ0n) is 6.93. The van der Waals surface area contributed by atoms with E-state index in [1.54, 1.807) is 0 Å². The molecule has 2 N–H and O–H groups in total. The molecule has 1 aromatic carbocycles. The Kier molecular flexibility index (Phi) is 3.63. The summed E-state index contributed by atoms with van der Waals surface area (Å²) in [5.41, 5.74) is 5.81. The Morgan fingerprint density at radius 1 is 1.46 bits per heavy atom. The third kappa shape index (κ3) is 2.64. The van der Waals surface area contributed by atoms with Gasteiger partial charge in [0.2, 0.25) is 0 Å². The van der Waals surface area contributed by atoms with Gasteiger partial charge < -0.3 is 5.73 Å². The lowest BCUT2D eigenvalue weighted by Gasteiger charge is -2.10. The second kappa shape index (κ2) is 4.53. The Hall–Kier alpha value is -0.670. The van der Waals surface area contributed by atoms with Gasteiger partial charge in [0.25, 0.3) is 0 Å². The second-order valence-corrected chi connectivity index (χ2v) is 3.19. The number of hydrogen-bond donors (Lipinski definition) is 1. The molecule has 0 aliphatic carbocycles. The summed E-state index contributed by atoms with van der Waals surface area (Å²) in [4.78, 5) is 0. The van der Waals surface area contributed by atoms with Crippen molar-refractivity contribution in [3.63, 3.8) is 0 Å². The Morgan fingerprint density at radius 3 is 2.77 bits per heavy atom. The van der Waals surface area contributed by atoms with Gasteiger partial charge in [0.05, 0.1) is 6.67 Å². The molecule has 1 rings (SSSR count). The number of halogens is 3. The van der Waals surface area contributed by atoms with Gasteiger partial charge in [-0.05, 0) is 24.6 Å². The normalized spacial score (nSPS) is 12.9. The third-order valence-corrected chi connectivity index (χ3v) is 2.01. The van der Waals surface area contributed by atoms with E-state index in [0.29, 0.717) is 5.02 Å². The van der Waals surface area contributed by atoms with E-state index in [9.17, 15) is 8.78 Å². The van der Waals surface area contributed by atoms with E-state index in [-0.39, 0.29) is 12.0 Å². The van der Waals surface area contributed by atoms with Crippen LogP contribution >= 0.6 is 11.6 Å². The van der Waals surface area contributed by atoms with Crippen LogP contribution < -0.4 is 5.73 Å². The topological polar surface area (TPSA) is 26.0 Å². The van der Waals surface area contributed by atoms with Crippen molar-refractivity contribution in [3.8, 4) is 0 Å². The summed E-state index contributed by atoms with van der Waals surface area (Å²) < 4.78 is 25.0. The molecule has 0 saturated heterocycles. The summed E-state index contributed by atoms with van der Waals surface area (Å²) in [5.74, 6) is -0.439. The predicted molar refractivity (Wildman–Crippen MR) is 48.9 cm³/mol. The summed E-state index contributed by atoms with van der Waals surface area (Å²) in [6.07, 6.45) is 0.108. The van der Waals surface area contributed by atoms with Crippen LogP contribution in [0.5, 0.6) is 0 Å². The van der Waals surface area contributed by atoms with Gasteiger partial charge in [-0.1, -0.05) is 11.6 Å². The molecule has 4 heteroatoms. The van der Waals surface area contributed by atoms with Crippen molar-refractivity contribution >= 4 is 11.6 Å². The molecule has 13 heavy (non-hydrogen) atoms. The fourth-order valence-electron chi connectivity index (χ4n) is 1.07. The van der Waals surface area contributed by atoms with Crippen molar-refractivity contribution in [2.75, 3.05) is 6.67 Å². The molecule has 0 aromatic heterocycles. The van der Waals surface area contributed by atoms with Crippen LogP contribution in [0.3, 0.4) is 0 Å². The first-order valence-electron chi connectivity index (χ1n) is 3.91. The molecule has 0 saturated carbocycles. The van der Waals surface area contributed by atoms with Crippen LogP contribution in [-0.2, 0) is 0 Å². The first kappa shape index (κ1) is 10.4. The van der Waals surface area contributed by atoms with Crippen molar-refractivity contribution in [3.05, 3.63) is 34.6 Å². The highest BCUT2D eigenvalue weighted by Crippen LogP contribution is 2.21. The van der Waals surface area contributed by atoms with Gasteiger partial charge in [-0.2, -0.15) is 0 Å². The summed E-state index contributed by atoms with van der Waals surface area (Å²) in [7, 11) is 0. The largest absolute Gasteiger partial charge is 0.324 e. The van der Waals surface area contributed by atoms with Gasteiger partial charge in [-0.15, -0.1) is 0 Å². The summed E-state index contributed by atoms with van der Waals surface area (Å²) in [6.45, 7) is -0.562. The van der Waals surface area contributed by atoms with Gasteiger partial charge in [0.1, 0.15) is 5.82 Å². The molecule has 1 nitrogen and oxygen atoms in total. The maximum atomic E-state index is 13.1. The average molecular weight is 206 g/mol. The van der Waals surface area contributed by atoms with E-state index < -0.39 is 18.5 Å². The standard InChI is InChI=1S/C9H10ClF2N/c10-6-1-2-8(12)7(5-6)9(13)3-4-11/h1-2,5,9H,3-4,13H2/t9-/m0/s1. The van der Waals surface area contributed by atoms with Crippen molar-refractivity contribution in [1.82, 2.24) is 0 Å². The van der Waals surface area contributed by atoms with Crippen molar-refractivity contribution in [2.24, 2.45) is 5.73 Å². The zero-order chi connectivity index (χ0) is 9.84. The Labute approximate surface area is 80.5 Å². The molecule has 0 fully saturated rings. The second-order valence-electron chi connectivity index (χ2n) is 2.75. The molecule has 0 aliphatic rings. The maximum absolute atomic E-state index is 13.1. The van der Waals surface area contributed by atoms with E-state index in [0.717, 1.165) is 0 Å². The van der Waals surface area contributed by atoms with Crippen LogP contribution in [0.4, 0.5) is 8.78 Å². The summed E-state index contributed by atoms with van der Waals surface area (Å²) in [6, 6.07) is 3.47. The van der Waals surface area contributed by atoms with Crippen LogP contribution in [0, 0.1) is 5.82 Å². The Balaban J connectivity index is 2.91. The smallest absolute Gasteiger partial charge is 0.128 e. The highest BCUT2D eigenvalue weighted by atomic mass is 35.5. The van der Waals surface area contributed by atoms with Gasteiger partial charge in [-0.25, -0.2) is 4.39 Å². The van der Waals surface area contributed by atoms with E-state index >= 15 is 0 Å². The molecule has 1 atom stereocenters. The molecular formula is C9H10ClF2N. The lowest BCUT2D eigenvalue weighted by Crippen LogP contribution is -2.12. The monoisotopic (exact) mass is 205 g/mol. The Morgan fingerprint density at radius 2 is 2.15 bits per heavy atom. The van der Waals surface area contributed by atoms with Gasteiger partial charge in [-0.3, -0.25) is 4.39 Å². The predicted octanol–water partition coefficient (Wildman–Crippen LogP) is 2.84.